The van der Waals surface area contributed by atoms with Crippen molar-refractivity contribution < 1.29 is 0 Å². The Labute approximate surface area is 130 Å². The van der Waals surface area contributed by atoms with Crippen LogP contribution in [0.15, 0.2) is 28.2 Å². The normalized spacial score (nSPS) is 14.6. The maximum atomic E-state index is 12.1. The number of hydrogen-bond donors (Lipinski definition) is 1. The zero-order valence-corrected chi connectivity index (χ0v) is 12.8. The summed E-state index contributed by atoms with van der Waals surface area (Å²) in [5.41, 5.74) is 1.65. The van der Waals surface area contributed by atoms with Gasteiger partial charge >= 0.3 is 0 Å². The molecular formula is C14H14N6OS. The van der Waals surface area contributed by atoms with Crippen LogP contribution in [-0.2, 0) is 5.75 Å². The molecule has 0 unspecified atom stereocenters. The molecule has 0 bridgehead atoms. The predicted molar refractivity (Wildman–Crippen MR) is 82.7 cm³/mol. The van der Waals surface area contributed by atoms with Gasteiger partial charge in [-0.1, -0.05) is 23.9 Å². The number of aromatic nitrogens is 6. The van der Waals surface area contributed by atoms with Gasteiger partial charge in [-0.15, -0.1) is 5.10 Å². The van der Waals surface area contributed by atoms with Crippen molar-refractivity contribution >= 4 is 22.7 Å². The van der Waals surface area contributed by atoms with Gasteiger partial charge in [0.1, 0.15) is 5.82 Å². The van der Waals surface area contributed by atoms with E-state index in [1.165, 1.54) is 11.8 Å². The molecule has 112 valence electrons. The van der Waals surface area contributed by atoms with Gasteiger partial charge in [0, 0.05) is 0 Å². The van der Waals surface area contributed by atoms with Gasteiger partial charge in [-0.25, -0.2) is 9.67 Å². The van der Waals surface area contributed by atoms with Crippen molar-refractivity contribution in [3.63, 3.8) is 0 Å². The van der Waals surface area contributed by atoms with Crippen LogP contribution in [0.5, 0.6) is 0 Å². The molecule has 0 amide bonds. The lowest BCUT2D eigenvalue weighted by Crippen LogP contribution is -2.12. The smallest absolute Gasteiger partial charge is 0.258 e. The number of thioether (sulfide) groups is 1. The van der Waals surface area contributed by atoms with E-state index in [0.717, 1.165) is 29.1 Å². The van der Waals surface area contributed by atoms with Gasteiger partial charge in [0.25, 0.3) is 5.56 Å². The summed E-state index contributed by atoms with van der Waals surface area (Å²) in [6.45, 7) is 1.96. The molecule has 0 aliphatic heterocycles. The lowest BCUT2D eigenvalue weighted by molar-refractivity contribution is 0.565. The summed E-state index contributed by atoms with van der Waals surface area (Å²) in [4.78, 5) is 19.6. The fraction of sp³-hybridized carbons (Fsp3) is 0.357. The first-order chi connectivity index (χ1) is 10.7. The summed E-state index contributed by atoms with van der Waals surface area (Å²) < 4.78 is 1.86. The molecule has 2 heterocycles. The molecule has 8 heteroatoms. The molecule has 4 rings (SSSR count). The van der Waals surface area contributed by atoms with Crippen LogP contribution in [0.4, 0.5) is 0 Å². The molecule has 3 aromatic rings. The second kappa shape index (κ2) is 5.20. The number of aromatic amines is 1. The van der Waals surface area contributed by atoms with Crippen LogP contribution >= 0.6 is 11.8 Å². The molecular weight excluding hydrogens is 300 g/mol. The van der Waals surface area contributed by atoms with E-state index in [0.29, 0.717) is 23.0 Å². The van der Waals surface area contributed by atoms with E-state index < -0.39 is 0 Å². The molecule has 0 radical (unpaired) electrons. The maximum absolute atomic E-state index is 12.1. The van der Waals surface area contributed by atoms with Crippen LogP contribution < -0.4 is 5.56 Å². The Hall–Kier alpha value is -2.22. The summed E-state index contributed by atoms with van der Waals surface area (Å²) in [5, 5.41) is 13.2. The minimum atomic E-state index is -0.105. The van der Waals surface area contributed by atoms with Gasteiger partial charge in [0.15, 0.2) is 0 Å². The number of aryl methyl sites for hydroxylation is 1. The third-order valence-corrected chi connectivity index (χ3v) is 4.62. The molecule has 2 aromatic heterocycles. The van der Waals surface area contributed by atoms with Crippen molar-refractivity contribution in [3.8, 4) is 0 Å². The van der Waals surface area contributed by atoms with Gasteiger partial charge in [0.05, 0.1) is 22.7 Å². The molecule has 1 aliphatic carbocycles. The van der Waals surface area contributed by atoms with E-state index in [4.69, 9.17) is 0 Å². The van der Waals surface area contributed by atoms with Gasteiger partial charge in [-0.05, 0) is 41.8 Å². The second-order valence-electron chi connectivity index (χ2n) is 5.41. The van der Waals surface area contributed by atoms with E-state index in [-0.39, 0.29) is 5.56 Å². The summed E-state index contributed by atoms with van der Waals surface area (Å²) >= 11 is 1.49. The molecule has 1 N–H and O–H groups in total. The van der Waals surface area contributed by atoms with Crippen LogP contribution in [0.3, 0.4) is 0 Å². The van der Waals surface area contributed by atoms with E-state index in [9.17, 15) is 4.79 Å². The second-order valence-corrected chi connectivity index (χ2v) is 6.35. The number of fused-ring (bicyclic) bond motifs is 1. The van der Waals surface area contributed by atoms with Crippen LogP contribution in [0.25, 0.3) is 10.9 Å². The molecule has 1 fully saturated rings. The zero-order chi connectivity index (χ0) is 15.1. The third kappa shape index (κ3) is 2.39. The predicted octanol–water partition coefficient (Wildman–Crippen LogP) is 1.85. The maximum Gasteiger partial charge on any atom is 0.258 e. The highest BCUT2D eigenvalue weighted by molar-refractivity contribution is 7.98. The van der Waals surface area contributed by atoms with Crippen LogP contribution in [0.1, 0.15) is 30.3 Å². The molecule has 1 saturated carbocycles. The Kier molecular flexibility index (Phi) is 3.18. The standard InChI is InChI=1S/C14H14N6OS/c1-8-3-2-4-10-12(8)15-11(16-13(10)21)7-22-14-17-18-19-20(14)9-5-6-9/h2-4,9H,5-7H2,1H3,(H,15,16,21). The Bertz CT molecular complexity index is 898. The summed E-state index contributed by atoms with van der Waals surface area (Å²) in [6, 6.07) is 6.05. The van der Waals surface area contributed by atoms with Crippen molar-refractivity contribution in [1.29, 1.82) is 0 Å². The number of para-hydroxylation sites is 1. The van der Waals surface area contributed by atoms with Gasteiger partial charge in [0.2, 0.25) is 5.16 Å². The van der Waals surface area contributed by atoms with Gasteiger partial charge < -0.3 is 4.98 Å². The molecule has 1 aromatic carbocycles. The molecule has 0 saturated heterocycles. The third-order valence-electron chi connectivity index (χ3n) is 3.68. The number of benzene rings is 1. The molecule has 22 heavy (non-hydrogen) atoms. The first-order valence-electron chi connectivity index (χ1n) is 7.11. The summed E-state index contributed by atoms with van der Waals surface area (Å²) in [5.74, 6) is 1.18. The van der Waals surface area contributed by atoms with E-state index in [1.54, 1.807) is 6.07 Å². The number of hydrogen-bond acceptors (Lipinski definition) is 6. The van der Waals surface area contributed by atoms with Crippen LogP contribution in [-0.4, -0.2) is 30.2 Å². The highest BCUT2D eigenvalue weighted by Gasteiger charge is 2.27. The molecule has 1 aliphatic rings. The van der Waals surface area contributed by atoms with Crippen molar-refractivity contribution in [2.75, 3.05) is 0 Å². The van der Waals surface area contributed by atoms with Crippen LogP contribution in [0, 0.1) is 6.92 Å². The highest BCUT2D eigenvalue weighted by atomic mass is 32.2. The van der Waals surface area contributed by atoms with E-state index in [2.05, 4.69) is 25.5 Å². The van der Waals surface area contributed by atoms with Crippen LogP contribution in [0.2, 0.25) is 0 Å². The van der Waals surface area contributed by atoms with Crippen molar-refractivity contribution in [3.05, 3.63) is 39.9 Å². The molecule has 0 atom stereocenters. The van der Waals surface area contributed by atoms with Crippen molar-refractivity contribution in [1.82, 2.24) is 30.2 Å². The minimum absolute atomic E-state index is 0.105. The Balaban J connectivity index is 1.63. The largest absolute Gasteiger partial charge is 0.309 e. The lowest BCUT2D eigenvalue weighted by atomic mass is 10.1. The number of nitrogens with zero attached hydrogens (tertiary/aromatic N) is 5. The fourth-order valence-electron chi connectivity index (χ4n) is 2.38. The minimum Gasteiger partial charge on any atom is -0.309 e. The highest BCUT2D eigenvalue weighted by Crippen LogP contribution is 2.36. The summed E-state index contributed by atoms with van der Waals surface area (Å²) in [7, 11) is 0. The van der Waals surface area contributed by atoms with Gasteiger partial charge in [-0.3, -0.25) is 4.79 Å². The average Bonchev–Trinajstić information content (AvgIpc) is 3.25. The number of rotatable bonds is 4. The Morgan fingerprint density at radius 2 is 2.27 bits per heavy atom. The van der Waals surface area contributed by atoms with Crippen molar-refractivity contribution in [2.24, 2.45) is 0 Å². The number of nitrogens with one attached hydrogen (secondary N) is 1. The Morgan fingerprint density at radius 1 is 1.41 bits per heavy atom. The lowest BCUT2D eigenvalue weighted by Gasteiger charge is -2.05. The number of H-pyrrole nitrogens is 1. The first kappa shape index (κ1) is 13.4. The fourth-order valence-corrected chi connectivity index (χ4v) is 3.20. The van der Waals surface area contributed by atoms with Gasteiger partial charge in [-0.2, -0.15) is 0 Å². The van der Waals surface area contributed by atoms with E-state index in [1.807, 2.05) is 23.7 Å². The SMILES string of the molecule is Cc1cccc2c(=O)[nH]c(CSc3nnnn3C3CC3)nc12. The topological polar surface area (TPSA) is 89.4 Å². The average molecular weight is 314 g/mol. The number of tetrazole rings is 1. The molecule has 0 spiro atoms. The molecule has 7 nitrogen and oxygen atoms in total. The monoisotopic (exact) mass is 314 g/mol. The summed E-state index contributed by atoms with van der Waals surface area (Å²) in [6.07, 6.45) is 2.26. The zero-order valence-electron chi connectivity index (χ0n) is 12.0. The van der Waals surface area contributed by atoms with E-state index >= 15 is 0 Å². The Morgan fingerprint density at radius 3 is 3.09 bits per heavy atom. The quantitative estimate of drug-likeness (QED) is 0.739. The van der Waals surface area contributed by atoms with Crippen molar-refractivity contribution in [2.45, 2.75) is 36.7 Å². The first-order valence-corrected chi connectivity index (χ1v) is 8.10.